The molecular formula is C33H47F2N5O4. The molecule has 0 saturated carbocycles. The van der Waals surface area contributed by atoms with Gasteiger partial charge >= 0.3 is 0 Å². The predicted octanol–water partition coefficient (Wildman–Crippen LogP) is 3.44. The van der Waals surface area contributed by atoms with Crippen LogP contribution in [0.4, 0.5) is 8.78 Å². The number of aldehydes is 1. The van der Waals surface area contributed by atoms with Crippen LogP contribution in [0.2, 0.25) is 0 Å². The summed E-state index contributed by atoms with van der Waals surface area (Å²) < 4.78 is 25.7. The Morgan fingerprint density at radius 2 is 1.52 bits per heavy atom. The molecule has 1 saturated heterocycles. The number of nitrogens with zero attached hydrogens (tertiary/aromatic N) is 2. The summed E-state index contributed by atoms with van der Waals surface area (Å²) >= 11 is 0. The highest BCUT2D eigenvalue weighted by atomic mass is 19.1. The van der Waals surface area contributed by atoms with Gasteiger partial charge in [-0.3, -0.25) is 14.4 Å². The van der Waals surface area contributed by atoms with E-state index in [0.717, 1.165) is 24.0 Å². The first kappa shape index (κ1) is 36.5. The molecule has 0 radical (unpaired) electrons. The minimum atomic E-state index is -0.693. The van der Waals surface area contributed by atoms with Gasteiger partial charge in [0.25, 0.3) is 0 Å². The predicted molar refractivity (Wildman–Crippen MR) is 167 cm³/mol. The van der Waals surface area contributed by atoms with Crippen LogP contribution in [0.25, 0.3) is 0 Å². The Balaban J connectivity index is 0.000000326. The number of amides is 3. The zero-order valence-electron chi connectivity index (χ0n) is 26.6. The van der Waals surface area contributed by atoms with Crippen LogP contribution in [-0.2, 0) is 19.2 Å². The summed E-state index contributed by atoms with van der Waals surface area (Å²) in [6, 6.07) is 11.1. The lowest BCUT2D eigenvalue weighted by Gasteiger charge is -2.30. The van der Waals surface area contributed by atoms with Gasteiger partial charge in [0.1, 0.15) is 24.0 Å². The van der Waals surface area contributed by atoms with E-state index >= 15 is 0 Å². The molecule has 3 amide bonds. The second-order valence-corrected chi connectivity index (χ2v) is 11.6. The molecule has 9 nitrogen and oxygen atoms in total. The Hall–Kier alpha value is -3.70. The molecule has 1 heterocycles. The summed E-state index contributed by atoms with van der Waals surface area (Å²) in [6.07, 6.45) is 4.47. The molecule has 3 unspecified atom stereocenters. The third-order valence-corrected chi connectivity index (χ3v) is 8.10. The van der Waals surface area contributed by atoms with Crippen molar-refractivity contribution in [1.29, 1.82) is 0 Å². The molecule has 1 aliphatic heterocycles. The van der Waals surface area contributed by atoms with E-state index < -0.39 is 12.1 Å². The molecule has 4 atom stereocenters. The van der Waals surface area contributed by atoms with Gasteiger partial charge in [-0.2, -0.15) is 0 Å². The van der Waals surface area contributed by atoms with Crippen LogP contribution in [0.5, 0.6) is 0 Å². The fourth-order valence-corrected chi connectivity index (χ4v) is 5.07. The van der Waals surface area contributed by atoms with Gasteiger partial charge in [0.05, 0.1) is 12.1 Å². The molecule has 11 heteroatoms. The van der Waals surface area contributed by atoms with Crippen molar-refractivity contribution in [2.24, 2.45) is 5.92 Å². The van der Waals surface area contributed by atoms with Gasteiger partial charge in [-0.05, 0) is 82.6 Å². The summed E-state index contributed by atoms with van der Waals surface area (Å²) in [7, 11) is 3.82. The molecular weight excluding hydrogens is 568 g/mol. The van der Waals surface area contributed by atoms with Crippen molar-refractivity contribution in [3.63, 3.8) is 0 Å². The molecule has 0 bridgehead atoms. The zero-order valence-corrected chi connectivity index (χ0v) is 26.6. The molecule has 2 aromatic rings. The van der Waals surface area contributed by atoms with Crippen molar-refractivity contribution in [3.8, 4) is 0 Å². The molecule has 2 aromatic carbocycles. The van der Waals surface area contributed by atoms with Gasteiger partial charge in [0.15, 0.2) is 0 Å². The number of halogens is 2. The van der Waals surface area contributed by atoms with Crippen molar-refractivity contribution < 1.29 is 28.0 Å². The van der Waals surface area contributed by atoms with E-state index in [-0.39, 0.29) is 42.0 Å². The van der Waals surface area contributed by atoms with Crippen LogP contribution in [0.1, 0.15) is 64.1 Å². The fraction of sp³-hybridized carbons (Fsp3) is 0.515. The number of likely N-dealkylation sites (N-methyl/N-ethyl adjacent to an activating group) is 1. The van der Waals surface area contributed by atoms with Crippen LogP contribution < -0.4 is 16.0 Å². The highest BCUT2D eigenvalue weighted by Crippen LogP contribution is 2.25. The van der Waals surface area contributed by atoms with Crippen LogP contribution in [0, 0.1) is 17.6 Å². The summed E-state index contributed by atoms with van der Waals surface area (Å²) in [5.74, 6) is -1.06. The standard InChI is InChI=1S/C19H36N4O3.C14H11F2NO/c1-13(2)19(26)23(10-9-17-8-7-14(3)22(17)6)11-16(12-24)21-18(25)15(4)20-5;15-12-5-1-10(2-6-12)14(17-9-18)11-3-7-13(16)8-4-11/h12-17,20H,7-11H2,1-6H3,(H,21,25);1-9,14H,(H,17,18)/t14?,15?,16?,17-;/m1./s1. The lowest BCUT2D eigenvalue weighted by Crippen LogP contribution is -2.52. The summed E-state index contributed by atoms with van der Waals surface area (Å²) in [5.41, 5.74) is 1.46. The fourth-order valence-electron chi connectivity index (χ4n) is 5.07. The topological polar surface area (TPSA) is 111 Å². The number of carbonyl (C=O) groups is 4. The molecule has 0 aromatic heterocycles. The van der Waals surface area contributed by atoms with Gasteiger partial charge in [0.2, 0.25) is 18.2 Å². The van der Waals surface area contributed by atoms with Crippen molar-refractivity contribution >= 4 is 24.5 Å². The SMILES string of the molecule is CNC(C)C(=O)NC(C=O)CN(CC[C@H]1CCC(C)N1C)C(=O)C(C)C.O=CNC(c1ccc(F)cc1)c1ccc(F)cc1. The number of hydrogen-bond acceptors (Lipinski definition) is 6. The summed E-state index contributed by atoms with van der Waals surface area (Å²) in [5, 5.41) is 8.19. The Morgan fingerprint density at radius 3 is 1.93 bits per heavy atom. The monoisotopic (exact) mass is 615 g/mol. The second-order valence-electron chi connectivity index (χ2n) is 11.6. The Bertz CT molecular complexity index is 1150. The molecule has 1 fully saturated rings. The first-order valence-corrected chi connectivity index (χ1v) is 15.1. The molecule has 0 aliphatic carbocycles. The second kappa shape index (κ2) is 18.2. The van der Waals surface area contributed by atoms with Gasteiger partial charge < -0.3 is 30.5 Å². The Labute approximate surface area is 259 Å². The van der Waals surface area contributed by atoms with E-state index in [1.807, 2.05) is 13.8 Å². The molecule has 0 spiro atoms. The smallest absolute Gasteiger partial charge is 0.237 e. The third kappa shape index (κ3) is 11.1. The Morgan fingerprint density at radius 1 is 0.977 bits per heavy atom. The van der Waals surface area contributed by atoms with E-state index in [1.54, 1.807) is 43.1 Å². The number of nitrogens with one attached hydrogen (secondary N) is 3. The van der Waals surface area contributed by atoms with Gasteiger partial charge in [-0.15, -0.1) is 0 Å². The van der Waals surface area contributed by atoms with Crippen molar-refractivity contribution in [3.05, 3.63) is 71.3 Å². The number of benzene rings is 2. The van der Waals surface area contributed by atoms with Gasteiger partial charge in [-0.25, -0.2) is 8.78 Å². The molecule has 44 heavy (non-hydrogen) atoms. The molecule has 3 N–H and O–H groups in total. The first-order chi connectivity index (χ1) is 20.9. The minimum Gasteiger partial charge on any atom is -0.348 e. The van der Waals surface area contributed by atoms with E-state index in [1.165, 1.54) is 30.7 Å². The summed E-state index contributed by atoms with van der Waals surface area (Å²) in [6.45, 7) is 8.48. The molecule has 1 aliphatic rings. The third-order valence-electron chi connectivity index (χ3n) is 8.10. The highest BCUT2D eigenvalue weighted by molar-refractivity contribution is 5.84. The quantitative estimate of drug-likeness (QED) is 0.281. The maximum Gasteiger partial charge on any atom is 0.237 e. The zero-order chi connectivity index (χ0) is 32.8. The largest absolute Gasteiger partial charge is 0.348 e. The van der Waals surface area contributed by atoms with E-state index in [9.17, 15) is 28.0 Å². The number of hydrogen-bond donors (Lipinski definition) is 3. The van der Waals surface area contributed by atoms with Crippen molar-refractivity contribution in [2.45, 2.75) is 77.2 Å². The maximum absolute atomic E-state index is 12.9. The lowest BCUT2D eigenvalue weighted by atomic mass is 9.99. The average Bonchev–Trinajstić information content (AvgIpc) is 3.34. The highest BCUT2D eigenvalue weighted by Gasteiger charge is 2.29. The number of carbonyl (C=O) groups excluding carboxylic acids is 4. The van der Waals surface area contributed by atoms with E-state index in [2.05, 4.69) is 34.8 Å². The average molecular weight is 616 g/mol. The first-order valence-electron chi connectivity index (χ1n) is 15.1. The van der Waals surface area contributed by atoms with Crippen molar-refractivity contribution in [1.82, 2.24) is 25.8 Å². The molecule has 3 rings (SSSR count). The molecule has 242 valence electrons. The van der Waals surface area contributed by atoms with Gasteiger partial charge in [0, 0.05) is 31.1 Å². The van der Waals surface area contributed by atoms with Crippen LogP contribution in [0.15, 0.2) is 48.5 Å². The van der Waals surface area contributed by atoms with Gasteiger partial charge in [-0.1, -0.05) is 38.1 Å². The lowest BCUT2D eigenvalue weighted by molar-refractivity contribution is -0.136. The van der Waals surface area contributed by atoms with E-state index in [4.69, 9.17) is 0 Å². The number of rotatable bonds is 14. The summed E-state index contributed by atoms with van der Waals surface area (Å²) in [4.78, 5) is 50.8. The normalized spacial score (nSPS) is 17.8. The maximum atomic E-state index is 12.9. The van der Waals surface area contributed by atoms with Crippen LogP contribution >= 0.6 is 0 Å². The van der Waals surface area contributed by atoms with Crippen LogP contribution in [-0.4, -0.2) is 85.7 Å². The van der Waals surface area contributed by atoms with Crippen LogP contribution in [0.3, 0.4) is 0 Å². The van der Waals surface area contributed by atoms with Crippen molar-refractivity contribution in [2.75, 3.05) is 27.2 Å². The minimum absolute atomic E-state index is 0.0152. The number of likely N-dealkylation sites (tertiary alicyclic amines) is 1. The van der Waals surface area contributed by atoms with E-state index in [0.29, 0.717) is 31.3 Å². The Kier molecular flexibility index (Phi) is 15.1.